The molecule has 1 aliphatic carbocycles. The Kier molecular flexibility index (Phi) is 46.3. The zero-order valence-corrected chi connectivity index (χ0v) is 67.5. The number of halogens is 12. The van der Waals surface area contributed by atoms with E-state index in [1.807, 2.05) is 52.9 Å². The molecule has 0 bridgehead atoms. The van der Waals surface area contributed by atoms with Gasteiger partial charge in [0, 0.05) is 90.2 Å². The molecule has 15 nitrogen and oxygen atoms in total. The molecule has 502 valence electrons. The van der Waals surface area contributed by atoms with Gasteiger partial charge in [0.1, 0.15) is 28.9 Å². The van der Waals surface area contributed by atoms with Gasteiger partial charge in [0.15, 0.2) is 22.4 Å². The second kappa shape index (κ2) is 47.2. The third kappa shape index (κ3) is 35.3. The molecule has 6 aromatic carbocycles. The van der Waals surface area contributed by atoms with Crippen LogP contribution in [0.4, 0.5) is 28.3 Å². The zero-order chi connectivity index (χ0) is 68.0. The Morgan fingerprint density at radius 2 is 1.08 bits per heavy atom. The van der Waals surface area contributed by atoms with Gasteiger partial charge < -0.3 is 62.5 Å². The Morgan fingerprint density at radius 1 is 0.667 bits per heavy atom. The number of nitrogen functional groups attached to an aromatic ring is 1. The summed E-state index contributed by atoms with van der Waals surface area (Å²) in [6.45, 7) is 15.1. The second-order valence-electron chi connectivity index (χ2n) is 20.4. The fourth-order valence-electron chi connectivity index (χ4n) is 7.89. The summed E-state index contributed by atoms with van der Waals surface area (Å²) in [6.07, 6.45) is 10.7. The van der Waals surface area contributed by atoms with Crippen LogP contribution in [0.15, 0.2) is 130 Å². The molecule has 1 aliphatic rings. The van der Waals surface area contributed by atoms with E-state index in [9.17, 15) is 31.9 Å². The Hall–Kier alpha value is -3.82. The quantitative estimate of drug-likeness (QED) is 0.0109. The van der Waals surface area contributed by atoms with Gasteiger partial charge in [0.25, 0.3) is 0 Å². The van der Waals surface area contributed by atoms with Gasteiger partial charge in [-0.2, -0.15) is 0 Å². The van der Waals surface area contributed by atoms with E-state index in [1.54, 1.807) is 42.6 Å². The van der Waals surface area contributed by atoms with Crippen LogP contribution in [0.25, 0.3) is 21.8 Å². The number of nitrogens with zero attached hydrogens (tertiary/aromatic N) is 4. The minimum Gasteiger partial charge on any atom is -1.00 e. The van der Waals surface area contributed by atoms with Crippen molar-refractivity contribution in [3.05, 3.63) is 204 Å². The number of aliphatic hydroxyl groups excluding tert-OH is 1. The minimum atomic E-state index is -0.757. The molecule has 0 saturated heterocycles. The molecule has 2 heterocycles. The summed E-state index contributed by atoms with van der Waals surface area (Å²) < 4.78 is 62.6. The minimum absolute atomic E-state index is 0. The van der Waals surface area contributed by atoms with Crippen LogP contribution in [-0.2, 0) is 30.4 Å². The maximum atomic E-state index is 13.2. The van der Waals surface area contributed by atoms with Crippen molar-refractivity contribution in [2.45, 2.75) is 131 Å². The van der Waals surface area contributed by atoms with Crippen molar-refractivity contribution >= 4 is 194 Å². The number of aldehydes is 2. The maximum absolute atomic E-state index is 13.2. The van der Waals surface area contributed by atoms with Gasteiger partial charge in [-0.25, -0.2) is 42.3 Å². The Balaban J connectivity index is 0. The third-order valence-corrected chi connectivity index (χ3v) is 15.6. The van der Waals surface area contributed by atoms with Gasteiger partial charge in [-0.15, -0.1) is 0 Å². The Morgan fingerprint density at radius 3 is 1.52 bits per heavy atom. The molecule has 1 unspecified atom stereocenters. The molecule has 1 fully saturated rings. The summed E-state index contributed by atoms with van der Waals surface area (Å²) >= 11 is 21.8. The molecule has 1 amide bonds. The van der Waals surface area contributed by atoms with Gasteiger partial charge in [-0.05, 0) is 192 Å². The van der Waals surface area contributed by atoms with E-state index in [2.05, 4.69) is 181 Å². The summed E-state index contributed by atoms with van der Waals surface area (Å²) in [7, 11) is 0. The standard InChI is InChI=1S/C11H22N2O2.C10H8BrIN2.C10H10BrN3.C9H8BrFO.C8H8BrFO.C8H8BrF.C7H4BrFO.CH5N3.CH3.BrH.Mg/c1-11(2,3)15-10(14)13-9-6-4-8(12)5-7-9;2*1-2-6-3-8(11)4-7-5-13-10(12)14-9(6)7;1-2-6-3-8(10)4-7(5-12)9(6)11;1-5(11)7-4-6(9)2-3-8(7)10;1-2-6-5-7(9)3-4-8(6)10;8-6-1-2-7(9)5(3-6)4-10;2-1(3)4;;;/h8-9H,4-7,12H2,1-3H3,(H,13,14);3-5H,2H2,1H3;3-5H,2H2,1H3,(H2,12,13,14);3-5H,2H2,1H3;2-5,11H,1H3;3-5H,2H2,1H3;1-4H;(H5,2,3,4);1H3;1H;/q;;;;;;;;-1;;+2/p-1. The maximum Gasteiger partial charge on any atom is 2.00 e. The Bertz CT molecular complexity index is 3560. The first kappa shape index (κ1) is 91.2. The van der Waals surface area contributed by atoms with Gasteiger partial charge in [0.2, 0.25) is 5.95 Å². The number of nitrogens with one attached hydrogen (secondary N) is 2. The predicted molar refractivity (Wildman–Crippen MR) is 395 cm³/mol. The van der Waals surface area contributed by atoms with E-state index in [0.717, 1.165) is 98.5 Å². The SMILES string of the molecule is CC(C)(C)OC(=O)NC1CCC(N)CC1.CC(O)c1cc(Br)ccc1F.CCc1cc(Br)cc(C=O)c1F.CCc1cc(Br)cc2cnc(I)nc12.CCc1cc(Br)cc2cnc(N)nc12.CCc1cc(Br)ccc1F.N=C(N)N.O=Cc1cc(Br)ccc1F.[Br-].[CH3-].[Mg+2]. The van der Waals surface area contributed by atoms with Crippen molar-refractivity contribution in [3.8, 4) is 0 Å². The van der Waals surface area contributed by atoms with Crippen LogP contribution >= 0.6 is 118 Å². The first-order chi connectivity index (χ1) is 42.3. The summed E-state index contributed by atoms with van der Waals surface area (Å²) in [5.41, 5.74) is 26.1. The zero-order valence-electron chi connectivity index (χ0n) is 52.8. The van der Waals surface area contributed by atoms with E-state index in [-0.39, 0.29) is 88.3 Å². The average molecular weight is 1860 g/mol. The van der Waals surface area contributed by atoms with E-state index < -0.39 is 23.3 Å². The predicted octanol–water partition coefficient (Wildman–Crippen LogP) is 14.9. The normalized spacial score (nSPS) is 12.8. The number of hydrogen-bond donors (Lipinski definition) is 7. The van der Waals surface area contributed by atoms with Crippen LogP contribution in [-0.4, -0.2) is 90.4 Å². The molecule has 0 radical (unpaired) electrons. The van der Waals surface area contributed by atoms with Crippen molar-refractivity contribution in [1.29, 1.82) is 5.41 Å². The monoisotopic (exact) mass is 1860 g/mol. The van der Waals surface area contributed by atoms with Crippen LogP contribution in [0, 0.1) is 39.9 Å². The number of aryl methyl sites for hydroxylation is 4. The van der Waals surface area contributed by atoms with Crippen molar-refractivity contribution in [3.63, 3.8) is 0 Å². The molecule has 0 spiro atoms. The molecule has 11 N–H and O–H groups in total. The van der Waals surface area contributed by atoms with E-state index in [1.165, 1.54) is 48.4 Å². The number of hydrogen-bond acceptors (Lipinski definition) is 12. The number of rotatable bonds is 8. The summed E-state index contributed by atoms with van der Waals surface area (Å²) in [4.78, 5) is 48.8. The number of nitrogens with two attached hydrogens (primary N) is 4. The van der Waals surface area contributed by atoms with Crippen LogP contribution < -0.4 is 45.2 Å². The summed E-state index contributed by atoms with van der Waals surface area (Å²) in [5.74, 6) is -1.39. The molecular weight excluding hydrogens is 1790 g/mol. The van der Waals surface area contributed by atoms with Gasteiger partial charge in [-0.1, -0.05) is 123 Å². The number of aliphatic hydroxyl groups is 1. The summed E-state index contributed by atoms with van der Waals surface area (Å²) in [5, 5.41) is 20.1. The molecular formula is C65H76Br7F4IMgN10O5. The number of guanidine groups is 1. The van der Waals surface area contributed by atoms with Crippen LogP contribution in [0.2, 0.25) is 0 Å². The number of fused-ring (bicyclic) bond motifs is 2. The van der Waals surface area contributed by atoms with Gasteiger partial charge in [-0.3, -0.25) is 15.0 Å². The second-order valence-corrected chi connectivity index (χ2v) is 26.9. The Labute approximate surface area is 633 Å². The molecule has 2 aromatic heterocycles. The van der Waals surface area contributed by atoms with Gasteiger partial charge in [0.05, 0.1) is 28.3 Å². The van der Waals surface area contributed by atoms with E-state index in [0.29, 0.717) is 46.6 Å². The first-order valence-electron chi connectivity index (χ1n) is 27.8. The fourth-order valence-corrected chi connectivity index (χ4v) is 11.0. The largest absolute Gasteiger partial charge is 2.00 e. The molecule has 1 atom stereocenters. The topological polar surface area (TPSA) is 272 Å². The molecule has 9 rings (SSSR count). The molecule has 0 aliphatic heterocycles. The molecule has 1 saturated carbocycles. The molecule has 93 heavy (non-hydrogen) atoms. The van der Waals surface area contributed by atoms with Crippen LogP contribution in [0.3, 0.4) is 0 Å². The number of anilines is 1. The average Bonchev–Trinajstić information content (AvgIpc) is 1.05. The molecule has 8 aromatic rings. The number of amides is 1. The number of aromatic nitrogens is 4. The van der Waals surface area contributed by atoms with Gasteiger partial charge >= 0.3 is 29.1 Å². The van der Waals surface area contributed by atoms with Crippen molar-refractivity contribution < 1.29 is 58.8 Å². The third-order valence-electron chi connectivity index (χ3n) is 12.2. The smallest absolute Gasteiger partial charge is 1.00 e. The van der Waals surface area contributed by atoms with Crippen molar-refractivity contribution in [2.24, 2.45) is 17.2 Å². The van der Waals surface area contributed by atoms with Crippen LogP contribution in [0.1, 0.15) is 136 Å². The number of ether oxygens (including phenoxy) is 1. The first-order valence-corrected chi connectivity index (χ1v) is 33.7. The number of benzene rings is 6. The van der Waals surface area contributed by atoms with E-state index in [4.69, 9.17) is 26.7 Å². The summed E-state index contributed by atoms with van der Waals surface area (Å²) in [6, 6.07) is 25.6. The van der Waals surface area contributed by atoms with E-state index >= 15 is 0 Å². The van der Waals surface area contributed by atoms with Crippen LogP contribution in [0.5, 0.6) is 0 Å². The molecule has 28 heteroatoms. The fraction of sp³-hybridized carbons (Fsp3) is 0.308. The number of carbonyl (C=O) groups excluding carboxylic acids is 3. The van der Waals surface area contributed by atoms with Crippen molar-refractivity contribution in [1.82, 2.24) is 25.3 Å². The number of carbonyl (C=O) groups is 3. The number of alkyl carbamates (subject to hydrolysis) is 1. The van der Waals surface area contributed by atoms with Crippen molar-refractivity contribution in [2.75, 3.05) is 5.73 Å².